The van der Waals surface area contributed by atoms with Crippen LogP contribution in [0.25, 0.3) is 0 Å². The molecule has 9 heteroatoms. The zero-order valence-electron chi connectivity index (χ0n) is 13.4. The van der Waals surface area contributed by atoms with Gasteiger partial charge in [0.2, 0.25) is 5.91 Å². The first-order valence-electron chi connectivity index (χ1n) is 7.98. The van der Waals surface area contributed by atoms with Crippen molar-refractivity contribution in [1.29, 1.82) is 0 Å². The van der Waals surface area contributed by atoms with E-state index in [4.69, 9.17) is 0 Å². The molecule has 1 saturated heterocycles. The maximum absolute atomic E-state index is 12.7. The molecule has 3 rings (SSSR count). The van der Waals surface area contributed by atoms with E-state index in [0.717, 1.165) is 18.0 Å². The summed E-state index contributed by atoms with van der Waals surface area (Å²) in [6.45, 7) is 4.27. The molecule has 1 aliphatic heterocycles. The molecule has 1 amide bonds. The Kier molecular flexibility index (Phi) is 4.68. The van der Waals surface area contributed by atoms with Gasteiger partial charge in [-0.15, -0.1) is 10.2 Å². The second-order valence-corrected chi connectivity index (χ2v) is 9.73. The molecule has 2 unspecified atom stereocenters. The van der Waals surface area contributed by atoms with Crippen LogP contribution in [-0.4, -0.2) is 63.3 Å². The number of aromatic nitrogens is 3. The highest BCUT2D eigenvalue weighted by molar-refractivity contribution is 8.00. The van der Waals surface area contributed by atoms with Crippen molar-refractivity contribution in [3.8, 4) is 0 Å². The van der Waals surface area contributed by atoms with E-state index >= 15 is 0 Å². The summed E-state index contributed by atoms with van der Waals surface area (Å²) in [5.74, 6) is 0.242. The van der Waals surface area contributed by atoms with Gasteiger partial charge in [0, 0.05) is 18.6 Å². The Hall–Kier alpha value is -1.09. The van der Waals surface area contributed by atoms with Crippen LogP contribution in [0.1, 0.15) is 39.2 Å². The topological polar surface area (TPSA) is 85.2 Å². The van der Waals surface area contributed by atoms with Crippen molar-refractivity contribution < 1.29 is 13.2 Å². The molecule has 23 heavy (non-hydrogen) atoms. The van der Waals surface area contributed by atoms with E-state index in [0.29, 0.717) is 19.0 Å². The lowest BCUT2D eigenvalue weighted by molar-refractivity contribution is -0.131. The molecule has 0 bridgehead atoms. The van der Waals surface area contributed by atoms with Crippen LogP contribution in [0.3, 0.4) is 0 Å². The van der Waals surface area contributed by atoms with Crippen LogP contribution < -0.4 is 0 Å². The van der Waals surface area contributed by atoms with Crippen molar-refractivity contribution in [2.75, 3.05) is 18.1 Å². The van der Waals surface area contributed by atoms with E-state index in [-0.39, 0.29) is 28.7 Å². The monoisotopic (exact) mass is 358 g/mol. The van der Waals surface area contributed by atoms with Gasteiger partial charge in [0.05, 0.1) is 16.8 Å². The second-order valence-electron chi connectivity index (χ2n) is 6.19. The lowest BCUT2D eigenvalue weighted by Crippen LogP contribution is -2.44. The van der Waals surface area contributed by atoms with Crippen molar-refractivity contribution in [3.05, 3.63) is 6.33 Å². The van der Waals surface area contributed by atoms with Crippen molar-refractivity contribution in [2.45, 2.75) is 55.6 Å². The van der Waals surface area contributed by atoms with E-state index in [1.165, 1.54) is 11.8 Å². The smallest absolute Gasteiger partial charge is 0.236 e. The predicted molar refractivity (Wildman–Crippen MR) is 88.1 cm³/mol. The Bertz CT molecular complexity index is 684. The second kappa shape index (κ2) is 6.43. The summed E-state index contributed by atoms with van der Waals surface area (Å²) in [5.41, 5.74) is 0. The van der Waals surface area contributed by atoms with E-state index in [1.54, 1.807) is 11.2 Å². The van der Waals surface area contributed by atoms with Crippen LogP contribution in [0.5, 0.6) is 0 Å². The number of carbonyl (C=O) groups excluding carboxylic acids is 1. The first kappa shape index (κ1) is 16.8. The minimum atomic E-state index is -3.00. The number of rotatable bonds is 6. The average Bonchev–Trinajstić information content (AvgIpc) is 3.14. The van der Waals surface area contributed by atoms with Gasteiger partial charge in [0.1, 0.15) is 6.33 Å². The Balaban J connectivity index is 1.66. The fraction of sp³-hybridized carbons (Fsp3) is 0.786. The summed E-state index contributed by atoms with van der Waals surface area (Å²) >= 11 is 1.40. The van der Waals surface area contributed by atoms with Gasteiger partial charge in [0.25, 0.3) is 0 Å². The molecule has 0 spiro atoms. The van der Waals surface area contributed by atoms with Crippen molar-refractivity contribution in [1.82, 2.24) is 19.7 Å². The predicted octanol–water partition coefficient (Wildman–Crippen LogP) is 1.13. The molecule has 7 nitrogen and oxygen atoms in total. The summed E-state index contributed by atoms with van der Waals surface area (Å²) in [6.07, 6.45) is 4.53. The highest BCUT2D eigenvalue weighted by atomic mass is 32.2. The number of hydrogen-bond acceptors (Lipinski definition) is 6. The zero-order valence-corrected chi connectivity index (χ0v) is 15.0. The molecular formula is C14H22N4O3S2. The molecule has 128 valence electrons. The number of thioether (sulfide) groups is 1. The summed E-state index contributed by atoms with van der Waals surface area (Å²) in [5, 5.41) is 8.52. The standard InChI is InChI=1S/C14H22N4O3S2/c1-3-17(12-6-7-23(20,21)8-12)13(19)10(2)22-14-16-15-9-18(14)11-4-5-11/h9-12H,3-8H2,1-2H3. The van der Waals surface area contributed by atoms with Crippen LogP contribution in [0.2, 0.25) is 0 Å². The molecule has 0 N–H and O–H groups in total. The number of carbonyl (C=O) groups is 1. The van der Waals surface area contributed by atoms with E-state index < -0.39 is 9.84 Å². The van der Waals surface area contributed by atoms with Gasteiger partial charge in [-0.05, 0) is 33.1 Å². The summed E-state index contributed by atoms with van der Waals surface area (Å²) in [4.78, 5) is 14.5. The van der Waals surface area contributed by atoms with Crippen LogP contribution >= 0.6 is 11.8 Å². The molecule has 1 aromatic rings. The average molecular weight is 358 g/mol. The van der Waals surface area contributed by atoms with Gasteiger partial charge in [-0.3, -0.25) is 4.79 Å². The van der Waals surface area contributed by atoms with E-state index in [1.807, 2.05) is 18.4 Å². The normalized spacial score (nSPS) is 24.5. The summed E-state index contributed by atoms with van der Waals surface area (Å²) < 4.78 is 25.4. The highest BCUT2D eigenvalue weighted by Gasteiger charge is 2.36. The molecule has 0 radical (unpaired) electrons. The minimum absolute atomic E-state index is 0.0232. The molecular weight excluding hydrogens is 336 g/mol. The number of hydrogen-bond donors (Lipinski definition) is 0. The number of sulfone groups is 1. The molecule has 1 aliphatic carbocycles. The minimum Gasteiger partial charge on any atom is -0.338 e. The highest BCUT2D eigenvalue weighted by Crippen LogP contribution is 2.38. The number of amides is 1. The van der Waals surface area contributed by atoms with Crippen LogP contribution in [0, 0.1) is 0 Å². The third-order valence-electron chi connectivity index (χ3n) is 4.38. The molecule has 1 aromatic heterocycles. The molecule has 0 aromatic carbocycles. The molecule has 1 saturated carbocycles. The van der Waals surface area contributed by atoms with E-state index in [9.17, 15) is 13.2 Å². The van der Waals surface area contributed by atoms with Crippen LogP contribution in [-0.2, 0) is 14.6 Å². The summed E-state index contributed by atoms with van der Waals surface area (Å²) in [6, 6.07) is 0.277. The first-order chi connectivity index (χ1) is 10.9. The third kappa shape index (κ3) is 3.71. The van der Waals surface area contributed by atoms with Crippen molar-refractivity contribution in [2.24, 2.45) is 0 Å². The van der Waals surface area contributed by atoms with Gasteiger partial charge in [-0.2, -0.15) is 0 Å². The SMILES string of the molecule is CCN(C(=O)C(C)Sc1nncn1C1CC1)C1CCS(=O)(=O)C1. The Labute approximate surface area is 140 Å². The van der Waals surface area contributed by atoms with Gasteiger partial charge in [-0.25, -0.2) is 8.42 Å². The molecule has 2 heterocycles. The Morgan fingerprint density at radius 2 is 2.22 bits per heavy atom. The van der Waals surface area contributed by atoms with Gasteiger partial charge >= 0.3 is 0 Å². The third-order valence-corrected chi connectivity index (χ3v) is 7.19. The van der Waals surface area contributed by atoms with Gasteiger partial charge in [0.15, 0.2) is 15.0 Å². The van der Waals surface area contributed by atoms with Crippen molar-refractivity contribution in [3.63, 3.8) is 0 Å². The van der Waals surface area contributed by atoms with Gasteiger partial charge in [-0.1, -0.05) is 11.8 Å². The fourth-order valence-corrected chi connectivity index (χ4v) is 5.67. The Morgan fingerprint density at radius 1 is 1.48 bits per heavy atom. The first-order valence-corrected chi connectivity index (χ1v) is 10.7. The molecule has 2 atom stereocenters. The number of nitrogens with zero attached hydrogens (tertiary/aromatic N) is 4. The maximum Gasteiger partial charge on any atom is 0.236 e. The summed E-state index contributed by atoms with van der Waals surface area (Å²) in [7, 11) is -3.00. The Morgan fingerprint density at radius 3 is 2.78 bits per heavy atom. The van der Waals surface area contributed by atoms with Gasteiger partial charge < -0.3 is 9.47 Å². The largest absolute Gasteiger partial charge is 0.338 e. The quantitative estimate of drug-likeness (QED) is 0.709. The van der Waals surface area contributed by atoms with E-state index in [2.05, 4.69) is 10.2 Å². The zero-order chi connectivity index (χ0) is 16.6. The van der Waals surface area contributed by atoms with Crippen molar-refractivity contribution >= 4 is 27.5 Å². The lowest BCUT2D eigenvalue weighted by Gasteiger charge is -2.29. The fourth-order valence-electron chi connectivity index (χ4n) is 2.98. The molecule has 2 fully saturated rings. The lowest BCUT2D eigenvalue weighted by atomic mass is 10.2. The maximum atomic E-state index is 12.7. The van der Waals surface area contributed by atoms with Crippen LogP contribution in [0.15, 0.2) is 11.5 Å². The van der Waals surface area contributed by atoms with Crippen LogP contribution in [0.4, 0.5) is 0 Å². The molecule has 2 aliphatic rings.